The van der Waals surface area contributed by atoms with Gasteiger partial charge in [-0.15, -0.1) is 0 Å². The van der Waals surface area contributed by atoms with E-state index in [2.05, 4.69) is 6.58 Å². The predicted molar refractivity (Wildman–Crippen MR) is 61.2 cm³/mol. The fourth-order valence-electron chi connectivity index (χ4n) is 1.62. The van der Waals surface area contributed by atoms with Crippen molar-refractivity contribution in [2.24, 2.45) is 0 Å². The maximum absolute atomic E-state index is 10.8. The van der Waals surface area contributed by atoms with Crippen molar-refractivity contribution in [2.45, 2.75) is 13.3 Å². The SMILES string of the molecule is C=C(C(=O)O)c1ccc2c(c1)CC=C(C)O2. The van der Waals surface area contributed by atoms with Crippen LogP contribution in [0.25, 0.3) is 5.57 Å². The fraction of sp³-hybridized carbons (Fsp3) is 0.154. The number of carboxylic acids is 1. The molecule has 0 fully saturated rings. The minimum Gasteiger partial charge on any atom is -0.478 e. The summed E-state index contributed by atoms with van der Waals surface area (Å²) in [4.78, 5) is 10.8. The summed E-state index contributed by atoms with van der Waals surface area (Å²) < 4.78 is 5.51. The third kappa shape index (κ3) is 1.84. The van der Waals surface area contributed by atoms with Crippen molar-refractivity contribution in [1.29, 1.82) is 0 Å². The van der Waals surface area contributed by atoms with Gasteiger partial charge in [-0.2, -0.15) is 0 Å². The second-order valence-electron chi connectivity index (χ2n) is 3.73. The van der Waals surface area contributed by atoms with Crippen LogP contribution in [0.3, 0.4) is 0 Å². The highest BCUT2D eigenvalue weighted by Crippen LogP contribution is 2.28. The van der Waals surface area contributed by atoms with Gasteiger partial charge in [0.05, 0.1) is 11.3 Å². The number of fused-ring (bicyclic) bond motifs is 1. The molecule has 82 valence electrons. The number of carbonyl (C=O) groups is 1. The van der Waals surface area contributed by atoms with Gasteiger partial charge >= 0.3 is 5.97 Å². The molecule has 0 bridgehead atoms. The topological polar surface area (TPSA) is 46.5 Å². The Balaban J connectivity index is 2.36. The summed E-state index contributed by atoms with van der Waals surface area (Å²) in [6.07, 6.45) is 2.73. The molecule has 0 radical (unpaired) electrons. The summed E-state index contributed by atoms with van der Waals surface area (Å²) in [7, 11) is 0. The molecule has 0 amide bonds. The van der Waals surface area contributed by atoms with E-state index in [1.54, 1.807) is 12.1 Å². The first-order valence-electron chi connectivity index (χ1n) is 4.98. The molecular formula is C13H12O3. The Morgan fingerprint density at radius 1 is 1.50 bits per heavy atom. The van der Waals surface area contributed by atoms with Crippen LogP contribution in [-0.4, -0.2) is 11.1 Å². The molecule has 1 aliphatic heterocycles. The minimum absolute atomic E-state index is 0.106. The van der Waals surface area contributed by atoms with Crippen molar-refractivity contribution in [3.05, 3.63) is 47.7 Å². The number of aliphatic carboxylic acids is 1. The van der Waals surface area contributed by atoms with E-state index in [4.69, 9.17) is 9.84 Å². The Bertz CT molecular complexity index is 498. The van der Waals surface area contributed by atoms with Crippen LogP contribution in [-0.2, 0) is 11.2 Å². The largest absolute Gasteiger partial charge is 0.478 e. The summed E-state index contributed by atoms with van der Waals surface area (Å²) in [5.41, 5.74) is 1.72. The monoisotopic (exact) mass is 216 g/mol. The smallest absolute Gasteiger partial charge is 0.335 e. The minimum atomic E-state index is -0.997. The Morgan fingerprint density at radius 3 is 2.94 bits per heavy atom. The third-order valence-corrected chi connectivity index (χ3v) is 2.55. The highest BCUT2D eigenvalue weighted by molar-refractivity contribution is 6.14. The van der Waals surface area contributed by atoms with Crippen LogP contribution >= 0.6 is 0 Å². The Labute approximate surface area is 93.7 Å². The third-order valence-electron chi connectivity index (χ3n) is 2.55. The average molecular weight is 216 g/mol. The maximum atomic E-state index is 10.8. The molecule has 0 spiro atoms. The number of hydrogen-bond acceptors (Lipinski definition) is 2. The molecule has 0 atom stereocenters. The maximum Gasteiger partial charge on any atom is 0.335 e. The van der Waals surface area contributed by atoms with E-state index in [9.17, 15) is 4.79 Å². The second-order valence-corrected chi connectivity index (χ2v) is 3.73. The molecule has 0 aliphatic carbocycles. The number of rotatable bonds is 2. The van der Waals surface area contributed by atoms with Crippen LogP contribution in [0.2, 0.25) is 0 Å². The highest BCUT2D eigenvalue weighted by Gasteiger charge is 2.13. The van der Waals surface area contributed by atoms with Crippen molar-refractivity contribution < 1.29 is 14.6 Å². The van der Waals surface area contributed by atoms with E-state index in [-0.39, 0.29) is 5.57 Å². The highest BCUT2D eigenvalue weighted by atomic mass is 16.5. The zero-order valence-corrected chi connectivity index (χ0v) is 8.99. The summed E-state index contributed by atoms with van der Waals surface area (Å²) in [6, 6.07) is 5.32. The van der Waals surface area contributed by atoms with E-state index >= 15 is 0 Å². The molecule has 3 heteroatoms. The lowest BCUT2D eigenvalue weighted by Gasteiger charge is -2.16. The molecule has 0 saturated carbocycles. The molecule has 0 unspecified atom stereocenters. The second kappa shape index (κ2) is 3.85. The van der Waals surface area contributed by atoms with Crippen molar-refractivity contribution in [3.8, 4) is 5.75 Å². The summed E-state index contributed by atoms with van der Waals surface area (Å²) in [6.45, 7) is 5.43. The molecule has 1 aromatic carbocycles. The molecule has 1 heterocycles. The molecule has 1 aromatic rings. The lowest BCUT2D eigenvalue weighted by molar-refractivity contribution is -0.130. The molecule has 1 N–H and O–H groups in total. The standard InChI is InChI=1S/C13H12O3/c1-8-3-4-11-7-10(9(2)13(14)15)5-6-12(11)16-8/h3,5-7H,2,4H2,1H3,(H,14,15). The molecule has 1 aliphatic rings. The Hall–Kier alpha value is -2.03. The average Bonchev–Trinajstić information content (AvgIpc) is 2.27. The predicted octanol–water partition coefficient (Wildman–Crippen LogP) is 2.62. The van der Waals surface area contributed by atoms with Crippen LogP contribution in [0, 0.1) is 0 Å². The van der Waals surface area contributed by atoms with Gasteiger partial charge in [-0.25, -0.2) is 4.79 Å². The number of carboxylic acid groups (broad SMARTS) is 1. The van der Waals surface area contributed by atoms with E-state index in [1.165, 1.54) is 0 Å². The fourth-order valence-corrected chi connectivity index (χ4v) is 1.62. The lowest BCUT2D eigenvalue weighted by atomic mass is 10.0. The summed E-state index contributed by atoms with van der Waals surface area (Å²) >= 11 is 0. The van der Waals surface area contributed by atoms with Crippen LogP contribution in [0.15, 0.2) is 36.6 Å². The number of allylic oxidation sites excluding steroid dienone is 2. The van der Waals surface area contributed by atoms with Gasteiger partial charge in [0.15, 0.2) is 0 Å². The normalized spacial score (nSPS) is 13.4. The van der Waals surface area contributed by atoms with Gasteiger partial charge < -0.3 is 9.84 Å². The van der Waals surface area contributed by atoms with Crippen LogP contribution in [0.1, 0.15) is 18.1 Å². The van der Waals surface area contributed by atoms with Gasteiger partial charge in [-0.05, 0) is 42.7 Å². The molecule has 2 rings (SSSR count). The first kappa shape index (κ1) is 10.5. The number of hydrogen-bond donors (Lipinski definition) is 1. The van der Waals surface area contributed by atoms with Gasteiger partial charge in [0, 0.05) is 0 Å². The van der Waals surface area contributed by atoms with E-state index in [0.29, 0.717) is 5.56 Å². The molecular weight excluding hydrogens is 204 g/mol. The summed E-state index contributed by atoms with van der Waals surface area (Å²) in [5, 5.41) is 8.84. The van der Waals surface area contributed by atoms with Gasteiger partial charge in [0.25, 0.3) is 0 Å². The zero-order chi connectivity index (χ0) is 11.7. The number of ether oxygens (including phenoxy) is 1. The van der Waals surface area contributed by atoms with Crippen molar-refractivity contribution >= 4 is 11.5 Å². The first-order chi connectivity index (χ1) is 7.58. The summed E-state index contributed by atoms with van der Waals surface area (Å²) in [5.74, 6) is 0.669. The van der Waals surface area contributed by atoms with E-state index < -0.39 is 5.97 Å². The van der Waals surface area contributed by atoms with Crippen molar-refractivity contribution in [2.75, 3.05) is 0 Å². The lowest BCUT2D eigenvalue weighted by Crippen LogP contribution is -2.04. The van der Waals surface area contributed by atoms with Crippen LogP contribution in [0.5, 0.6) is 5.75 Å². The van der Waals surface area contributed by atoms with Gasteiger partial charge in [0.1, 0.15) is 5.75 Å². The van der Waals surface area contributed by atoms with Crippen LogP contribution < -0.4 is 4.74 Å². The Morgan fingerprint density at radius 2 is 2.25 bits per heavy atom. The quantitative estimate of drug-likeness (QED) is 0.773. The van der Waals surface area contributed by atoms with Gasteiger partial charge in [0.2, 0.25) is 0 Å². The van der Waals surface area contributed by atoms with Gasteiger partial charge in [-0.3, -0.25) is 0 Å². The first-order valence-corrected chi connectivity index (χ1v) is 4.98. The molecule has 16 heavy (non-hydrogen) atoms. The van der Waals surface area contributed by atoms with Crippen molar-refractivity contribution in [3.63, 3.8) is 0 Å². The molecule has 0 saturated heterocycles. The van der Waals surface area contributed by atoms with E-state index in [0.717, 1.165) is 23.5 Å². The van der Waals surface area contributed by atoms with Crippen LogP contribution in [0.4, 0.5) is 0 Å². The zero-order valence-electron chi connectivity index (χ0n) is 8.99. The molecule has 3 nitrogen and oxygen atoms in total. The van der Waals surface area contributed by atoms with Crippen molar-refractivity contribution in [1.82, 2.24) is 0 Å². The number of benzene rings is 1. The van der Waals surface area contributed by atoms with E-state index in [1.807, 2.05) is 19.1 Å². The Kier molecular flexibility index (Phi) is 2.52. The van der Waals surface area contributed by atoms with Gasteiger partial charge in [-0.1, -0.05) is 12.6 Å². The molecule has 0 aromatic heterocycles.